The van der Waals surface area contributed by atoms with Crippen LogP contribution in [-0.4, -0.2) is 19.3 Å². The van der Waals surface area contributed by atoms with Crippen molar-refractivity contribution in [2.45, 2.75) is 38.5 Å². The van der Waals surface area contributed by atoms with Gasteiger partial charge in [0.2, 0.25) is 0 Å². The van der Waals surface area contributed by atoms with E-state index in [9.17, 15) is 0 Å². The molecule has 0 radical (unpaired) electrons. The van der Waals surface area contributed by atoms with Crippen molar-refractivity contribution in [2.24, 2.45) is 10.7 Å². The van der Waals surface area contributed by atoms with Crippen LogP contribution in [0.2, 0.25) is 0 Å². The number of unbranched alkanes of at least 4 members (excludes halogenated alkanes) is 1. The lowest BCUT2D eigenvalue weighted by atomic mass is 10.0. The van der Waals surface area contributed by atoms with E-state index in [1.807, 2.05) is 19.2 Å². The highest BCUT2D eigenvalue weighted by atomic mass is 32.2. The van der Waals surface area contributed by atoms with Gasteiger partial charge in [-0.3, -0.25) is 4.99 Å². The lowest BCUT2D eigenvalue weighted by Crippen LogP contribution is -2.21. The molecule has 4 heteroatoms. The van der Waals surface area contributed by atoms with Crippen molar-refractivity contribution in [1.82, 2.24) is 5.32 Å². The Morgan fingerprint density at radius 3 is 2.92 bits per heavy atom. The standard InChI is InChI=1S/C22H29N3S/c1-5-24-11-7-6-8-19-12-17(3)14-25-21(19)15-26-22-13-16(2)9-10-20(22)18(4)23/h5,8-10,12-13,15,25H,4,6-7,11,14,23H2,1-3H3/b19-8-,21-15-,24-5-. The largest absolute Gasteiger partial charge is 0.399 e. The summed E-state index contributed by atoms with van der Waals surface area (Å²) < 4.78 is 0. The van der Waals surface area contributed by atoms with Crippen LogP contribution in [-0.2, 0) is 0 Å². The number of allylic oxidation sites excluding steroid dienone is 2. The van der Waals surface area contributed by atoms with Gasteiger partial charge in [0.05, 0.1) is 0 Å². The van der Waals surface area contributed by atoms with Gasteiger partial charge in [0.15, 0.2) is 0 Å². The van der Waals surface area contributed by atoms with Crippen molar-refractivity contribution in [1.29, 1.82) is 0 Å². The minimum absolute atomic E-state index is 0.602. The van der Waals surface area contributed by atoms with Crippen molar-refractivity contribution in [3.8, 4) is 0 Å². The summed E-state index contributed by atoms with van der Waals surface area (Å²) in [6.45, 7) is 11.9. The zero-order valence-corrected chi connectivity index (χ0v) is 16.8. The molecule has 3 nitrogen and oxygen atoms in total. The topological polar surface area (TPSA) is 50.4 Å². The third-order valence-corrected chi connectivity index (χ3v) is 5.04. The summed E-state index contributed by atoms with van der Waals surface area (Å²) >= 11 is 1.69. The molecule has 1 aromatic carbocycles. The summed E-state index contributed by atoms with van der Waals surface area (Å²) in [7, 11) is 0. The minimum Gasteiger partial charge on any atom is -0.399 e. The van der Waals surface area contributed by atoms with E-state index < -0.39 is 0 Å². The smallest absolute Gasteiger partial charge is 0.0480 e. The van der Waals surface area contributed by atoms with Crippen LogP contribution < -0.4 is 11.1 Å². The first-order valence-corrected chi connectivity index (χ1v) is 9.87. The summed E-state index contributed by atoms with van der Waals surface area (Å²) in [6, 6.07) is 6.27. The number of nitrogens with zero attached hydrogens (tertiary/aromatic N) is 1. The molecule has 3 N–H and O–H groups in total. The molecule has 1 aliphatic heterocycles. The predicted octanol–water partition coefficient (Wildman–Crippen LogP) is 5.20. The second kappa shape index (κ2) is 10.1. The van der Waals surface area contributed by atoms with Gasteiger partial charge in [0.1, 0.15) is 0 Å². The molecule has 0 amide bonds. The molecular weight excluding hydrogens is 338 g/mol. The molecule has 0 spiro atoms. The highest BCUT2D eigenvalue weighted by molar-refractivity contribution is 8.02. The molecule has 1 aliphatic rings. The molecule has 0 fully saturated rings. The van der Waals surface area contributed by atoms with Gasteiger partial charge in [-0.05, 0) is 62.4 Å². The highest BCUT2D eigenvalue weighted by Gasteiger charge is 2.10. The molecule has 0 aromatic heterocycles. The van der Waals surface area contributed by atoms with Crippen LogP contribution in [0.5, 0.6) is 0 Å². The van der Waals surface area contributed by atoms with Crippen molar-refractivity contribution >= 4 is 23.7 Å². The van der Waals surface area contributed by atoms with Crippen LogP contribution in [0.4, 0.5) is 0 Å². The molecule has 2 rings (SSSR count). The molecule has 0 saturated carbocycles. The van der Waals surface area contributed by atoms with Crippen LogP contribution >= 0.6 is 11.8 Å². The van der Waals surface area contributed by atoms with Crippen LogP contribution in [0.25, 0.3) is 5.70 Å². The Morgan fingerprint density at radius 1 is 1.38 bits per heavy atom. The quantitative estimate of drug-likeness (QED) is 0.395. The van der Waals surface area contributed by atoms with Crippen LogP contribution in [0.3, 0.4) is 0 Å². The van der Waals surface area contributed by atoms with E-state index in [-0.39, 0.29) is 0 Å². The lowest BCUT2D eigenvalue weighted by Gasteiger charge is -2.19. The molecule has 1 aromatic rings. The fourth-order valence-corrected chi connectivity index (χ4v) is 3.74. The first-order valence-electron chi connectivity index (χ1n) is 8.99. The monoisotopic (exact) mass is 367 g/mol. The van der Waals surface area contributed by atoms with E-state index in [2.05, 4.69) is 60.4 Å². The molecule has 0 unspecified atom stereocenters. The predicted molar refractivity (Wildman–Crippen MR) is 116 cm³/mol. The normalized spacial score (nSPS) is 17.6. The average Bonchev–Trinajstić information content (AvgIpc) is 2.60. The van der Waals surface area contributed by atoms with Crippen molar-refractivity contribution in [2.75, 3.05) is 13.1 Å². The number of aliphatic imine (C=N–C) groups is 1. The van der Waals surface area contributed by atoms with E-state index >= 15 is 0 Å². The van der Waals surface area contributed by atoms with Gasteiger partial charge in [-0.1, -0.05) is 48.2 Å². The number of nitrogens with two attached hydrogens (primary N) is 1. The first-order chi connectivity index (χ1) is 12.5. The summed E-state index contributed by atoms with van der Waals surface area (Å²) in [5, 5.41) is 5.71. The van der Waals surface area contributed by atoms with E-state index in [1.165, 1.54) is 16.7 Å². The molecule has 0 atom stereocenters. The second-order valence-electron chi connectivity index (χ2n) is 6.48. The Balaban J connectivity index is 2.18. The number of benzene rings is 1. The van der Waals surface area contributed by atoms with Gasteiger partial charge in [-0.15, -0.1) is 0 Å². The van der Waals surface area contributed by atoms with Crippen molar-refractivity contribution in [3.05, 3.63) is 70.3 Å². The fraction of sp³-hybridized carbons (Fsp3) is 0.318. The van der Waals surface area contributed by atoms with Crippen LogP contribution in [0.1, 0.15) is 37.8 Å². The Bertz CT molecular complexity index is 770. The molecule has 0 saturated heterocycles. The average molecular weight is 368 g/mol. The lowest BCUT2D eigenvalue weighted by molar-refractivity contribution is 0.833. The van der Waals surface area contributed by atoms with Gasteiger partial charge in [-0.25, -0.2) is 0 Å². The van der Waals surface area contributed by atoms with E-state index in [4.69, 9.17) is 5.73 Å². The van der Waals surface area contributed by atoms with Crippen molar-refractivity contribution < 1.29 is 0 Å². The van der Waals surface area contributed by atoms with Gasteiger partial charge in [-0.2, -0.15) is 0 Å². The summed E-state index contributed by atoms with van der Waals surface area (Å²) in [5.74, 6) is 0. The molecule has 26 heavy (non-hydrogen) atoms. The SMILES string of the molecule is C=C(N)c1ccc(C)cc1S/C=C1\NCC(C)=C\C1=C\CCC/N=C\C. The zero-order chi connectivity index (χ0) is 18.9. The van der Waals surface area contributed by atoms with Crippen molar-refractivity contribution in [3.63, 3.8) is 0 Å². The Morgan fingerprint density at radius 2 is 2.19 bits per heavy atom. The number of nitrogens with one attached hydrogen (secondary N) is 1. The molecule has 0 aliphatic carbocycles. The number of hydrogen-bond acceptors (Lipinski definition) is 4. The highest BCUT2D eigenvalue weighted by Crippen LogP contribution is 2.30. The zero-order valence-electron chi connectivity index (χ0n) is 16.0. The van der Waals surface area contributed by atoms with Crippen LogP contribution in [0, 0.1) is 6.92 Å². The maximum atomic E-state index is 5.95. The van der Waals surface area contributed by atoms with Gasteiger partial charge in [0, 0.05) is 34.9 Å². The van der Waals surface area contributed by atoms with E-state index in [0.717, 1.165) is 42.1 Å². The van der Waals surface area contributed by atoms with Crippen LogP contribution in [0.15, 0.2) is 69.1 Å². The number of aryl methyl sites for hydroxylation is 1. The number of hydrogen-bond donors (Lipinski definition) is 2. The fourth-order valence-electron chi connectivity index (χ4n) is 2.69. The Labute approximate surface area is 161 Å². The first kappa shape index (κ1) is 20.1. The Hall–Kier alpha value is -2.20. The Kier molecular flexibility index (Phi) is 7.79. The summed E-state index contributed by atoms with van der Waals surface area (Å²) in [5.41, 5.74) is 12.5. The van der Waals surface area contributed by atoms with E-state index in [1.54, 1.807) is 11.8 Å². The van der Waals surface area contributed by atoms with Gasteiger partial charge < -0.3 is 11.1 Å². The summed E-state index contributed by atoms with van der Waals surface area (Å²) in [6.07, 6.45) is 8.52. The maximum Gasteiger partial charge on any atom is 0.0480 e. The van der Waals surface area contributed by atoms with Gasteiger partial charge >= 0.3 is 0 Å². The number of thioether (sulfide) groups is 1. The van der Waals surface area contributed by atoms with Gasteiger partial charge in [0.25, 0.3) is 0 Å². The summed E-state index contributed by atoms with van der Waals surface area (Å²) in [4.78, 5) is 5.41. The third-order valence-electron chi connectivity index (χ3n) is 4.10. The molecule has 0 bridgehead atoms. The second-order valence-corrected chi connectivity index (χ2v) is 7.40. The molecule has 138 valence electrons. The van der Waals surface area contributed by atoms with E-state index in [0.29, 0.717) is 5.70 Å². The molecular formula is C22H29N3S. The number of rotatable bonds is 7. The molecule has 1 heterocycles. The minimum atomic E-state index is 0.602. The third kappa shape index (κ3) is 5.95. The maximum absolute atomic E-state index is 5.95.